The molecule has 0 aromatic heterocycles. The summed E-state index contributed by atoms with van der Waals surface area (Å²) in [6.07, 6.45) is 0. The van der Waals surface area contributed by atoms with Gasteiger partial charge >= 0.3 is 0 Å². The molecule has 0 aliphatic carbocycles. The van der Waals surface area contributed by atoms with E-state index < -0.39 is 10.0 Å². The molecule has 1 heterocycles. The SMILES string of the molecule is COc1cc(C)c(C[NH+]2CCN(S(=O)(=O)c3cc(C)ccc3C)CC2)cc1OC. The molecule has 1 aliphatic rings. The maximum atomic E-state index is 13.1. The van der Waals surface area contributed by atoms with E-state index in [9.17, 15) is 8.42 Å². The Kier molecular flexibility index (Phi) is 6.51. The van der Waals surface area contributed by atoms with Crippen LogP contribution in [0.25, 0.3) is 0 Å². The van der Waals surface area contributed by atoms with Crippen LogP contribution in [0.5, 0.6) is 11.5 Å². The third-order valence-electron chi connectivity index (χ3n) is 5.67. The first-order valence-corrected chi connectivity index (χ1v) is 11.3. The van der Waals surface area contributed by atoms with Crippen molar-refractivity contribution < 1.29 is 22.8 Å². The minimum atomic E-state index is -3.46. The normalized spacial score (nSPS) is 16.0. The predicted molar refractivity (Wildman–Crippen MR) is 113 cm³/mol. The summed E-state index contributed by atoms with van der Waals surface area (Å²) in [6.45, 7) is 9.28. The summed E-state index contributed by atoms with van der Waals surface area (Å²) < 4.78 is 38.7. The van der Waals surface area contributed by atoms with Gasteiger partial charge in [-0.05, 0) is 55.7 Å². The molecule has 1 N–H and O–H groups in total. The van der Waals surface area contributed by atoms with Gasteiger partial charge in [0.05, 0.1) is 45.3 Å². The molecule has 3 rings (SSSR count). The highest BCUT2D eigenvalue weighted by atomic mass is 32.2. The molecule has 0 atom stereocenters. The van der Waals surface area contributed by atoms with Gasteiger partial charge in [-0.3, -0.25) is 0 Å². The van der Waals surface area contributed by atoms with Crippen molar-refractivity contribution in [2.24, 2.45) is 0 Å². The molecule has 1 saturated heterocycles. The molecule has 0 saturated carbocycles. The third-order valence-corrected chi connectivity index (χ3v) is 7.71. The molecule has 0 unspecified atom stereocenters. The van der Waals surface area contributed by atoms with Crippen LogP contribution < -0.4 is 14.4 Å². The zero-order valence-electron chi connectivity index (χ0n) is 17.9. The lowest BCUT2D eigenvalue weighted by Crippen LogP contribution is -3.13. The van der Waals surface area contributed by atoms with Crippen molar-refractivity contribution >= 4 is 10.0 Å². The first-order chi connectivity index (χ1) is 13.8. The van der Waals surface area contributed by atoms with Crippen LogP contribution in [0.15, 0.2) is 35.2 Å². The number of nitrogens with zero attached hydrogens (tertiary/aromatic N) is 1. The summed E-state index contributed by atoms with van der Waals surface area (Å²) in [7, 11) is -0.180. The zero-order chi connectivity index (χ0) is 21.2. The fourth-order valence-corrected chi connectivity index (χ4v) is 5.58. The van der Waals surface area contributed by atoms with E-state index in [4.69, 9.17) is 9.47 Å². The fourth-order valence-electron chi connectivity index (χ4n) is 3.83. The quantitative estimate of drug-likeness (QED) is 0.775. The van der Waals surface area contributed by atoms with E-state index in [1.54, 1.807) is 24.6 Å². The van der Waals surface area contributed by atoms with Gasteiger partial charge in [-0.2, -0.15) is 4.31 Å². The van der Waals surface area contributed by atoms with E-state index in [1.807, 2.05) is 38.1 Å². The van der Waals surface area contributed by atoms with Gasteiger partial charge in [0.1, 0.15) is 6.54 Å². The molecule has 29 heavy (non-hydrogen) atoms. The molecule has 0 radical (unpaired) electrons. The molecule has 0 bridgehead atoms. The number of piperazine rings is 1. The molecular weight excluding hydrogens is 388 g/mol. The molecule has 1 fully saturated rings. The highest BCUT2D eigenvalue weighted by Gasteiger charge is 2.31. The number of methoxy groups -OCH3 is 2. The average Bonchev–Trinajstić information content (AvgIpc) is 2.71. The number of rotatable bonds is 6. The Bertz CT molecular complexity index is 981. The van der Waals surface area contributed by atoms with Crippen LogP contribution in [0.1, 0.15) is 22.3 Å². The average molecular weight is 420 g/mol. The summed E-state index contributed by atoms with van der Waals surface area (Å²) >= 11 is 0. The minimum absolute atomic E-state index is 0.427. The maximum Gasteiger partial charge on any atom is 0.243 e. The highest BCUT2D eigenvalue weighted by Crippen LogP contribution is 2.30. The second-order valence-corrected chi connectivity index (χ2v) is 9.64. The van der Waals surface area contributed by atoms with E-state index in [1.165, 1.54) is 10.5 Å². The number of ether oxygens (including phenoxy) is 2. The van der Waals surface area contributed by atoms with E-state index >= 15 is 0 Å². The largest absolute Gasteiger partial charge is 0.493 e. The number of hydrogen-bond acceptors (Lipinski definition) is 4. The van der Waals surface area contributed by atoms with Crippen LogP contribution >= 0.6 is 0 Å². The Labute approximate surface area is 174 Å². The molecule has 2 aromatic carbocycles. The lowest BCUT2D eigenvalue weighted by atomic mass is 10.1. The van der Waals surface area contributed by atoms with E-state index in [0.717, 1.165) is 47.8 Å². The van der Waals surface area contributed by atoms with Crippen molar-refractivity contribution in [2.75, 3.05) is 40.4 Å². The number of nitrogens with one attached hydrogen (secondary N) is 1. The van der Waals surface area contributed by atoms with Gasteiger partial charge in [-0.25, -0.2) is 8.42 Å². The van der Waals surface area contributed by atoms with Gasteiger partial charge in [-0.15, -0.1) is 0 Å². The number of hydrogen-bond donors (Lipinski definition) is 1. The van der Waals surface area contributed by atoms with Crippen molar-refractivity contribution in [3.8, 4) is 11.5 Å². The number of aryl methyl sites for hydroxylation is 3. The minimum Gasteiger partial charge on any atom is -0.493 e. The molecular formula is C22H31N2O4S+. The van der Waals surface area contributed by atoms with Crippen LogP contribution in [-0.4, -0.2) is 53.1 Å². The van der Waals surface area contributed by atoms with Crippen LogP contribution in [0.4, 0.5) is 0 Å². The maximum absolute atomic E-state index is 13.1. The summed E-state index contributed by atoms with van der Waals surface area (Å²) in [5.74, 6) is 1.46. The van der Waals surface area contributed by atoms with Crippen LogP contribution in [0.2, 0.25) is 0 Å². The topological polar surface area (TPSA) is 60.3 Å². The first kappa shape index (κ1) is 21.6. The lowest BCUT2D eigenvalue weighted by molar-refractivity contribution is -0.917. The number of sulfonamides is 1. The zero-order valence-corrected chi connectivity index (χ0v) is 18.7. The van der Waals surface area contributed by atoms with E-state index in [0.29, 0.717) is 18.0 Å². The van der Waals surface area contributed by atoms with Gasteiger partial charge in [-0.1, -0.05) is 12.1 Å². The molecule has 6 nitrogen and oxygen atoms in total. The van der Waals surface area contributed by atoms with Gasteiger partial charge in [0.25, 0.3) is 0 Å². The van der Waals surface area contributed by atoms with Crippen molar-refractivity contribution in [2.45, 2.75) is 32.2 Å². The molecule has 0 spiro atoms. The fraction of sp³-hybridized carbons (Fsp3) is 0.455. The predicted octanol–water partition coefficient (Wildman–Crippen LogP) is 1.72. The Hall–Kier alpha value is -2.09. The third kappa shape index (κ3) is 4.57. The van der Waals surface area contributed by atoms with Gasteiger partial charge in [0, 0.05) is 5.56 Å². The smallest absolute Gasteiger partial charge is 0.243 e. The van der Waals surface area contributed by atoms with E-state index in [2.05, 4.69) is 6.92 Å². The molecule has 2 aromatic rings. The monoisotopic (exact) mass is 419 g/mol. The lowest BCUT2D eigenvalue weighted by Gasteiger charge is -2.32. The Morgan fingerprint density at radius 2 is 1.55 bits per heavy atom. The number of quaternary nitrogens is 1. The van der Waals surface area contributed by atoms with E-state index in [-0.39, 0.29) is 0 Å². The Morgan fingerprint density at radius 3 is 2.17 bits per heavy atom. The van der Waals surface area contributed by atoms with Crippen LogP contribution in [0, 0.1) is 20.8 Å². The van der Waals surface area contributed by atoms with Gasteiger partial charge < -0.3 is 14.4 Å². The van der Waals surface area contributed by atoms with Crippen molar-refractivity contribution in [3.05, 3.63) is 52.6 Å². The van der Waals surface area contributed by atoms with Gasteiger partial charge in [0.2, 0.25) is 10.0 Å². The Balaban J connectivity index is 1.70. The highest BCUT2D eigenvalue weighted by molar-refractivity contribution is 7.89. The van der Waals surface area contributed by atoms with Crippen molar-refractivity contribution in [3.63, 3.8) is 0 Å². The van der Waals surface area contributed by atoms with Crippen molar-refractivity contribution in [1.82, 2.24) is 4.31 Å². The summed E-state index contributed by atoms with van der Waals surface area (Å²) in [6, 6.07) is 9.62. The number of benzene rings is 2. The van der Waals surface area contributed by atoms with Crippen LogP contribution in [-0.2, 0) is 16.6 Å². The summed E-state index contributed by atoms with van der Waals surface area (Å²) in [5.41, 5.74) is 4.11. The molecule has 1 aliphatic heterocycles. The van der Waals surface area contributed by atoms with Crippen molar-refractivity contribution in [1.29, 1.82) is 0 Å². The molecule has 158 valence electrons. The first-order valence-electron chi connectivity index (χ1n) is 9.88. The second kappa shape index (κ2) is 8.73. The Morgan fingerprint density at radius 1 is 0.931 bits per heavy atom. The second-order valence-electron chi connectivity index (χ2n) is 7.73. The summed E-state index contributed by atoms with van der Waals surface area (Å²) in [5, 5.41) is 0. The molecule has 7 heteroatoms. The van der Waals surface area contributed by atoms with Gasteiger partial charge in [0.15, 0.2) is 11.5 Å². The summed E-state index contributed by atoms with van der Waals surface area (Å²) in [4.78, 5) is 1.80. The van der Waals surface area contributed by atoms with Crippen LogP contribution in [0.3, 0.4) is 0 Å². The molecule has 0 amide bonds. The standard InChI is InChI=1S/C22H30N2O4S/c1-16-6-7-17(2)22(12-16)29(25,26)24-10-8-23(9-11-24)15-19-14-21(28-5)20(27-4)13-18(19)3/h6-7,12-14H,8-11,15H2,1-5H3/p+1.